The molecule has 0 saturated heterocycles. The zero-order valence-corrected chi connectivity index (χ0v) is 8.41. The van der Waals surface area contributed by atoms with Crippen molar-refractivity contribution >= 4 is 16.1 Å². The number of carbonyl (C=O) groups excluding carboxylic acids is 1. The molecule has 0 saturated carbocycles. The fraction of sp³-hybridized carbons (Fsp3) is 0.125. The van der Waals surface area contributed by atoms with Gasteiger partial charge in [0.1, 0.15) is 5.75 Å². The average molecular weight is 251 g/mol. The van der Waals surface area contributed by atoms with Crippen LogP contribution >= 0.6 is 0 Å². The van der Waals surface area contributed by atoms with Crippen LogP contribution in [-0.2, 0) is 14.9 Å². The van der Waals surface area contributed by atoms with E-state index in [2.05, 4.69) is 4.74 Å². The van der Waals surface area contributed by atoms with Gasteiger partial charge in [-0.15, -0.1) is 0 Å². The largest absolute Gasteiger partial charge is 0.743 e. The molecule has 0 aromatic heterocycles. The van der Waals surface area contributed by atoms with Gasteiger partial charge in [-0.3, -0.25) is 0 Å². The summed E-state index contributed by atoms with van der Waals surface area (Å²) >= 11 is 0. The summed E-state index contributed by atoms with van der Waals surface area (Å²) in [4.78, 5) is 10.7. The van der Waals surface area contributed by atoms with E-state index in [1.807, 2.05) is 0 Å². The second-order valence-corrected chi connectivity index (χ2v) is 4.09. The van der Waals surface area contributed by atoms with Crippen LogP contribution in [0.25, 0.3) is 0 Å². The first-order valence-corrected chi connectivity index (χ1v) is 5.26. The van der Waals surface area contributed by atoms with Crippen molar-refractivity contribution in [2.75, 3.05) is 0 Å². The van der Waals surface area contributed by atoms with Crippen LogP contribution in [0.4, 0.5) is 8.78 Å². The fourth-order valence-electron chi connectivity index (χ4n) is 0.757. The van der Waals surface area contributed by atoms with Gasteiger partial charge in [0.2, 0.25) is 0 Å². The summed E-state index contributed by atoms with van der Waals surface area (Å²) in [5.41, 5.74) is 0. The third-order valence-electron chi connectivity index (χ3n) is 1.51. The van der Waals surface area contributed by atoms with Crippen LogP contribution in [0.1, 0.15) is 0 Å². The van der Waals surface area contributed by atoms with Crippen molar-refractivity contribution in [1.82, 2.24) is 0 Å². The molecular formula is C8H5F2O5S-. The summed E-state index contributed by atoms with van der Waals surface area (Å²) in [5.74, 6) is -2.70. The minimum absolute atomic E-state index is 0.282. The highest BCUT2D eigenvalue weighted by Gasteiger charge is 2.48. The molecule has 88 valence electrons. The standard InChI is InChI=1S/C8H6F2O5S/c9-8(10,16(12,13)14)7(11)15-6-4-2-1-3-5-6/h1-5H,(H,12,13,14)/p-1. The molecule has 0 aliphatic rings. The lowest BCUT2D eigenvalue weighted by Gasteiger charge is -2.17. The Morgan fingerprint density at radius 3 is 2.19 bits per heavy atom. The number of halogens is 2. The van der Waals surface area contributed by atoms with Gasteiger partial charge in [0, 0.05) is 0 Å². The van der Waals surface area contributed by atoms with E-state index in [9.17, 15) is 26.5 Å². The van der Waals surface area contributed by atoms with Crippen molar-refractivity contribution in [3.63, 3.8) is 0 Å². The molecule has 0 atom stereocenters. The van der Waals surface area contributed by atoms with Gasteiger partial charge in [-0.05, 0) is 12.1 Å². The van der Waals surface area contributed by atoms with Crippen LogP contribution in [0.2, 0.25) is 0 Å². The van der Waals surface area contributed by atoms with Crippen LogP contribution in [0.3, 0.4) is 0 Å². The number of benzene rings is 1. The number of rotatable bonds is 3. The number of para-hydroxylation sites is 1. The summed E-state index contributed by atoms with van der Waals surface area (Å²) in [6.45, 7) is 0. The second-order valence-electron chi connectivity index (χ2n) is 2.67. The normalized spacial score (nSPS) is 12.2. The van der Waals surface area contributed by atoms with Crippen molar-refractivity contribution < 1.29 is 31.3 Å². The Morgan fingerprint density at radius 2 is 1.75 bits per heavy atom. The van der Waals surface area contributed by atoms with Gasteiger partial charge in [0.15, 0.2) is 10.1 Å². The van der Waals surface area contributed by atoms with Gasteiger partial charge >= 0.3 is 11.2 Å². The second kappa shape index (κ2) is 4.14. The van der Waals surface area contributed by atoms with Crippen LogP contribution in [0.15, 0.2) is 30.3 Å². The van der Waals surface area contributed by atoms with Crippen LogP contribution in [-0.4, -0.2) is 24.2 Å². The summed E-state index contributed by atoms with van der Waals surface area (Å²) in [6, 6.07) is 6.61. The molecule has 0 radical (unpaired) electrons. The maximum Gasteiger partial charge on any atom is 0.429 e. The van der Waals surface area contributed by atoms with Gasteiger partial charge in [0.05, 0.1) is 0 Å². The molecule has 0 N–H and O–H groups in total. The molecule has 0 bridgehead atoms. The molecule has 1 rings (SSSR count). The molecule has 16 heavy (non-hydrogen) atoms. The highest BCUT2D eigenvalue weighted by atomic mass is 32.2. The Hall–Kier alpha value is -1.54. The van der Waals surface area contributed by atoms with E-state index in [-0.39, 0.29) is 5.75 Å². The van der Waals surface area contributed by atoms with E-state index >= 15 is 0 Å². The Kier molecular flexibility index (Phi) is 3.24. The molecule has 1 aromatic rings. The molecule has 1 aromatic carbocycles. The molecule has 0 fully saturated rings. The maximum absolute atomic E-state index is 12.6. The Bertz CT molecular complexity index is 482. The predicted octanol–water partition coefficient (Wildman–Crippen LogP) is 0.730. The van der Waals surface area contributed by atoms with E-state index in [1.165, 1.54) is 18.2 Å². The minimum atomic E-state index is -6.08. The Balaban J connectivity index is 2.90. The summed E-state index contributed by atoms with van der Waals surface area (Å²) < 4.78 is 59.5. The first-order chi connectivity index (χ1) is 7.25. The molecule has 0 amide bonds. The molecule has 8 heteroatoms. The van der Waals surface area contributed by atoms with Gasteiger partial charge < -0.3 is 9.29 Å². The van der Waals surface area contributed by atoms with Crippen molar-refractivity contribution in [2.45, 2.75) is 5.25 Å². The van der Waals surface area contributed by atoms with E-state index < -0.39 is 21.3 Å². The average Bonchev–Trinajstić information content (AvgIpc) is 2.17. The van der Waals surface area contributed by atoms with Crippen molar-refractivity contribution in [3.8, 4) is 5.75 Å². The van der Waals surface area contributed by atoms with E-state index in [4.69, 9.17) is 0 Å². The van der Waals surface area contributed by atoms with Crippen molar-refractivity contribution in [1.29, 1.82) is 0 Å². The van der Waals surface area contributed by atoms with Crippen LogP contribution in [0.5, 0.6) is 5.75 Å². The maximum atomic E-state index is 12.6. The smallest absolute Gasteiger partial charge is 0.429 e. The molecular weight excluding hydrogens is 246 g/mol. The predicted molar refractivity (Wildman–Crippen MR) is 46.7 cm³/mol. The summed E-state index contributed by atoms with van der Waals surface area (Å²) in [6.07, 6.45) is 0. The SMILES string of the molecule is O=C(Oc1ccccc1)C(F)(F)S(=O)(=O)[O-]. The number of hydrogen-bond acceptors (Lipinski definition) is 5. The van der Waals surface area contributed by atoms with E-state index in [1.54, 1.807) is 0 Å². The number of esters is 1. The molecule has 0 aliphatic carbocycles. The first-order valence-electron chi connectivity index (χ1n) is 3.86. The van der Waals surface area contributed by atoms with Crippen molar-refractivity contribution in [2.24, 2.45) is 0 Å². The minimum Gasteiger partial charge on any atom is -0.743 e. The third-order valence-corrected chi connectivity index (χ3v) is 2.30. The van der Waals surface area contributed by atoms with Gasteiger partial charge in [-0.1, -0.05) is 18.2 Å². The number of alkyl halides is 2. The number of hydrogen-bond donors (Lipinski definition) is 0. The molecule has 5 nitrogen and oxygen atoms in total. The zero-order chi connectivity index (χ0) is 12.4. The van der Waals surface area contributed by atoms with Gasteiger partial charge in [-0.25, -0.2) is 13.2 Å². The molecule has 0 spiro atoms. The number of ether oxygens (including phenoxy) is 1. The molecule has 0 heterocycles. The lowest BCUT2D eigenvalue weighted by Crippen LogP contribution is -2.40. The monoisotopic (exact) mass is 251 g/mol. The van der Waals surface area contributed by atoms with Crippen LogP contribution in [0, 0.1) is 0 Å². The Labute approximate surface area is 89.4 Å². The molecule has 0 aliphatic heterocycles. The third kappa shape index (κ3) is 2.52. The number of carbonyl (C=O) groups is 1. The topological polar surface area (TPSA) is 83.5 Å². The van der Waals surface area contributed by atoms with E-state index in [0.29, 0.717) is 0 Å². The van der Waals surface area contributed by atoms with Gasteiger partial charge in [0.25, 0.3) is 0 Å². The first kappa shape index (κ1) is 12.5. The fourth-order valence-corrected chi connectivity index (χ4v) is 1.00. The molecule has 0 unspecified atom stereocenters. The van der Waals surface area contributed by atoms with Crippen molar-refractivity contribution in [3.05, 3.63) is 30.3 Å². The zero-order valence-electron chi connectivity index (χ0n) is 7.59. The summed E-state index contributed by atoms with van der Waals surface area (Å²) in [7, 11) is -6.08. The lowest BCUT2D eigenvalue weighted by atomic mass is 10.3. The van der Waals surface area contributed by atoms with E-state index in [0.717, 1.165) is 12.1 Å². The van der Waals surface area contributed by atoms with Gasteiger partial charge in [-0.2, -0.15) is 8.78 Å². The Morgan fingerprint density at radius 1 is 1.25 bits per heavy atom. The van der Waals surface area contributed by atoms with Crippen LogP contribution < -0.4 is 4.74 Å². The summed E-state index contributed by atoms with van der Waals surface area (Å²) in [5, 5.41) is -5.09. The quantitative estimate of drug-likeness (QED) is 0.449. The lowest BCUT2D eigenvalue weighted by molar-refractivity contribution is -0.151. The highest BCUT2D eigenvalue weighted by molar-refractivity contribution is 7.87. The highest BCUT2D eigenvalue weighted by Crippen LogP contribution is 2.23.